The molecular weight excluding hydrogens is 264 g/mol. The van der Waals surface area contributed by atoms with E-state index in [0.29, 0.717) is 11.4 Å². The summed E-state index contributed by atoms with van der Waals surface area (Å²) in [5, 5.41) is 8.15. The first-order valence-electron chi connectivity index (χ1n) is 6.74. The molecule has 3 rings (SSSR count). The number of hydrogen-bond acceptors (Lipinski definition) is 3. The molecule has 0 saturated carbocycles. The molecule has 2 aromatic carbocycles. The number of benzene rings is 2. The molecule has 3 N–H and O–H groups in total. The number of rotatable bonds is 3. The molecule has 0 radical (unpaired) electrons. The molecule has 0 aliphatic heterocycles. The topological polar surface area (TPSA) is 72.9 Å². The second-order valence-corrected chi connectivity index (χ2v) is 4.90. The molecule has 1 aromatic heterocycles. The third kappa shape index (κ3) is 2.45. The maximum atomic E-state index is 12.4. The van der Waals surface area contributed by atoms with Crippen LogP contribution in [-0.2, 0) is 4.79 Å². The normalized spacial score (nSPS) is 12.2. The van der Waals surface area contributed by atoms with E-state index in [1.54, 1.807) is 23.0 Å². The van der Waals surface area contributed by atoms with E-state index in [-0.39, 0.29) is 5.91 Å². The number of hydrogen-bond donors (Lipinski definition) is 2. The molecule has 0 saturated heterocycles. The van der Waals surface area contributed by atoms with Gasteiger partial charge < -0.3 is 11.1 Å². The summed E-state index contributed by atoms with van der Waals surface area (Å²) < 4.78 is 1.71. The highest BCUT2D eigenvalue weighted by Gasteiger charge is 2.18. The number of carbonyl (C=O) groups is 1. The zero-order chi connectivity index (χ0) is 14.8. The van der Waals surface area contributed by atoms with E-state index in [2.05, 4.69) is 10.4 Å². The molecule has 1 amide bonds. The molecule has 106 valence electrons. The van der Waals surface area contributed by atoms with Crippen molar-refractivity contribution in [3.63, 3.8) is 0 Å². The van der Waals surface area contributed by atoms with Crippen LogP contribution in [-0.4, -0.2) is 15.7 Å². The first kappa shape index (κ1) is 13.2. The second kappa shape index (κ2) is 5.28. The van der Waals surface area contributed by atoms with Crippen LogP contribution in [0, 0.1) is 0 Å². The minimum atomic E-state index is -0.426. The Morgan fingerprint density at radius 2 is 1.90 bits per heavy atom. The van der Waals surface area contributed by atoms with Crippen molar-refractivity contribution >= 4 is 28.2 Å². The van der Waals surface area contributed by atoms with Crippen LogP contribution >= 0.6 is 0 Å². The van der Waals surface area contributed by atoms with Gasteiger partial charge in [0, 0.05) is 5.39 Å². The smallest absolute Gasteiger partial charge is 0.249 e. The number of nitrogens with two attached hydrogens (primary N) is 1. The Balaban J connectivity index is 1.86. The quantitative estimate of drug-likeness (QED) is 0.724. The van der Waals surface area contributed by atoms with E-state index >= 15 is 0 Å². The standard InChI is InChI=1S/C16H16N4O/c1-11(16(21)19-14-8-4-3-7-13(14)17)20-15-9-5-2-6-12(15)10-18-20/h2-11H,17H2,1H3,(H,19,21). The first-order chi connectivity index (χ1) is 10.2. The Morgan fingerprint density at radius 3 is 2.71 bits per heavy atom. The number of nitrogen functional groups attached to an aromatic ring is 1. The average molecular weight is 280 g/mol. The predicted molar refractivity (Wildman–Crippen MR) is 83.9 cm³/mol. The van der Waals surface area contributed by atoms with Crippen molar-refractivity contribution < 1.29 is 4.79 Å². The summed E-state index contributed by atoms with van der Waals surface area (Å²) in [5.74, 6) is -0.151. The lowest BCUT2D eigenvalue weighted by atomic mass is 10.2. The zero-order valence-electron chi connectivity index (χ0n) is 11.7. The number of aromatic nitrogens is 2. The fraction of sp³-hybridized carbons (Fsp3) is 0.125. The van der Waals surface area contributed by atoms with Gasteiger partial charge in [-0.25, -0.2) is 0 Å². The van der Waals surface area contributed by atoms with Crippen LogP contribution in [0.4, 0.5) is 11.4 Å². The molecular formula is C16H16N4O. The highest BCUT2D eigenvalue weighted by Crippen LogP contribution is 2.21. The lowest BCUT2D eigenvalue weighted by Crippen LogP contribution is -2.24. The van der Waals surface area contributed by atoms with Crippen LogP contribution in [0.5, 0.6) is 0 Å². The molecule has 5 nitrogen and oxygen atoms in total. The molecule has 1 unspecified atom stereocenters. The minimum absolute atomic E-state index is 0.151. The number of carbonyl (C=O) groups excluding carboxylic acids is 1. The van der Waals surface area contributed by atoms with Crippen LogP contribution < -0.4 is 11.1 Å². The molecule has 0 aliphatic rings. The predicted octanol–water partition coefficient (Wildman–Crippen LogP) is 2.82. The molecule has 0 spiro atoms. The Labute approximate surface area is 122 Å². The first-order valence-corrected chi connectivity index (χ1v) is 6.74. The fourth-order valence-corrected chi connectivity index (χ4v) is 2.26. The summed E-state index contributed by atoms with van der Waals surface area (Å²) in [6.45, 7) is 1.81. The third-order valence-corrected chi connectivity index (χ3v) is 3.47. The van der Waals surface area contributed by atoms with Gasteiger partial charge in [-0.05, 0) is 25.1 Å². The van der Waals surface area contributed by atoms with Crippen molar-refractivity contribution in [2.45, 2.75) is 13.0 Å². The molecule has 5 heteroatoms. The van der Waals surface area contributed by atoms with Gasteiger partial charge in [-0.3, -0.25) is 9.48 Å². The van der Waals surface area contributed by atoms with Gasteiger partial charge in [0.1, 0.15) is 6.04 Å². The Morgan fingerprint density at radius 1 is 1.19 bits per heavy atom. The highest BCUT2D eigenvalue weighted by molar-refractivity contribution is 5.96. The van der Waals surface area contributed by atoms with Crippen LogP contribution in [0.2, 0.25) is 0 Å². The third-order valence-electron chi connectivity index (χ3n) is 3.47. The van der Waals surface area contributed by atoms with Gasteiger partial charge in [-0.1, -0.05) is 30.3 Å². The van der Waals surface area contributed by atoms with Gasteiger partial charge in [-0.2, -0.15) is 5.10 Å². The SMILES string of the molecule is CC(C(=O)Nc1ccccc1N)n1ncc2ccccc21. The number of fused-ring (bicyclic) bond motifs is 1. The summed E-state index contributed by atoms with van der Waals surface area (Å²) in [7, 11) is 0. The molecule has 1 heterocycles. The lowest BCUT2D eigenvalue weighted by molar-refractivity contribution is -0.118. The van der Waals surface area contributed by atoms with Gasteiger partial charge in [0.2, 0.25) is 5.91 Å². The Kier molecular flexibility index (Phi) is 3.31. The minimum Gasteiger partial charge on any atom is -0.397 e. The fourth-order valence-electron chi connectivity index (χ4n) is 2.26. The van der Waals surface area contributed by atoms with Crippen LogP contribution in [0.15, 0.2) is 54.7 Å². The monoisotopic (exact) mass is 280 g/mol. The summed E-state index contributed by atoms with van der Waals surface area (Å²) >= 11 is 0. The summed E-state index contributed by atoms with van der Waals surface area (Å²) in [5.41, 5.74) is 7.93. The number of para-hydroxylation sites is 3. The van der Waals surface area contributed by atoms with Crippen molar-refractivity contribution in [2.75, 3.05) is 11.1 Å². The molecule has 3 aromatic rings. The van der Waals surface area contributed by atoms with Crippen molar-refractivity contribution in [3.05, 3.63) is 54.7 Å². The molecule has 0 fully saturated rings. The summed E-state index contributed by atoms with van der Waals surface area (Å²) in [6, 6.07) is 14.6. The molecule has 0 aliphatic carbocycles. The lowest BCUT2D eigenvalue weighted by Gasteiger charge is -2.15. The van der Waals surface area contributed by atoms with Gasteiger partial charge in [0.05, 0.1) is 23.1 Å². The van der Waals surface area contributed by atoms with Gasteiger partial charge in [0.25, 0.3) is 0 Å². The van der Waals surface area contributed by atoms with Crippen molar-refractivity contribution in [1.82, 2.24) is 9.78 Å². The van der Waals surface area contributed by atoms with Crippen LogP contribution in [0.3, 0.4) is 0 Å². The van der Waals surface area contributed by atoms with Gasteiger partial charge in [-0.15, -0.1) is 0 Å². The maximum absolute atomic E-state index is 12.4. The van der Waals surface area contributed by atoms with E-state index in [4.69, 9.17) is 5.73 Å². The number of nitrogens with one attached hydrogen (secondary N) is 1. The Hall–Kier alpha value is -2.82. The average Bonchev–Trinajstić information content (AvgIpc) is 2.92. The molecule has 0 bridgehead atoms. The van der Waals surface area contributed by atoms with E-state index < -0.39 is 6.04 Å². The highest BCUT2D eigenvalue weighted by atomic mass is 16.2. The summed E-state index contributed by atoms with van der Waals surface area (Å²) in [4.78, 5) is 12.4. The largest absolute Gasteiger partial charge is 0.397 e. The molecule has 21 heavy (non-hydrogen) atoms. The van der Waals surface area contributed by atoms with Crippen molar-refractivity contribution in [2.24, 2.45) is 0 Å². The number of amides is 1. The van der Waals surface area contributed by atoms with Crippen molar-refractivity contribution in [1.29, 1.82) is 0 Å². The summed E-state index contributed by atoms with van der Waals surface area (Å²) in [6.07, 6.45) is 1.76. The Bertz CT molecular complexity index is 794. The van der Waals surface area contributed by atoms with E-state index in [1.165, 1.54) is 0 Å². The van der Waals surface area contributed by atoms with Crippen LogP contribution in [0.25, 0.3) is 10.9 Å². The van der Waals surface area contributed by atoms with E-state index in [0.717, 1.165) is 10.9 Å². The van der Waals surface area contributed by atoms with Crippen molar-refractivity contribution in [3.8, 4) is 0 Å². The molecule has 1 atom stereocenters. The van der Waals surface area contributed by atoms with E-state index in [9.17, 15) is 4.79 Å². The number of anilines is 2. The van der Waals surface area contributed by atoms with Gasteiger partial charge in [0.15, 0.2) is 0 Å². The maximum Gasteiger partial charge on any atom is 0.249 e. The van der Waals surface area contributed by atoms with Crippen LogP contribution in [0.1, 0.15) is 13.0 Å². The zero-order valence-corrected chi connectivity index (χ0v) is 11.7. The number of nitrogens with zero attached hydrogens (tertiary/aromatic N) is 2. The van der Waals surface area contributed by atoms with Gasteiger partial charge >= 0.3 is 0 Å². The second-order valence-electron chi connectivity index (χ2n) is 4.90. The van der Waals surface area contributed by atoms with E-state index in [1.807, 2.05) is 43.3 Å².